The van der Waals surface area contributed by atoms with Gasteiger partial charge in [-0.3, -0.25) is 5.10 Å². The Hall–Kier alpha value is -1.63. The molecule has 0 unspecified atom stereocenters. The SMILES string of the molecule is CC1(CNCc2nc(C3CCN(C(=O)OC(C)(C)C)CC3)n[nH]2)CC1. The molecule has 0 radical (unpaired) electrons. The Labute approximate surface area is 149 Å². The van der Waals surface area contributed by atoms with Crippen LogP contribution in [0.3, 0.4) is 0 Å². The molecular weight excluding hydrogens is 318 g/mol. The lowest BCUT2D eigenvalue weighted by Gasteiger charge is -2.32. The van der Waals surface area contributed by atoms with Crippen LogP contribution in [0.25, 0.3) is 0 Å². The van der Waals surface area contributed by atoms with Crippen LogP contribution in [0, 0.1) is 5.41 Å². The Morgan fingerprint density at radius 1 is 1.36 bits per heavy atom. The first-order valence-electron chi connectivity index (χ1n) is 9.34. The van der Waals surface area contributed by atoms with Crippen LogP contribution < -0.4 is 5.32 Å². The molecule has 25 heavy (non-hydrogen) atoms. The van der Waals surface area contributed by atoms with Crippen molar-refractivity contribution >= 4 is 6.09 Å². The molecule has 2 fully saturated rings. The number of likely N-dealkylation sites (tertiary alicyclic amines) is 1. The van der Waals surface area contributed by atoms with Crippen molar-refractivity contribution in [1.82, 2.24) is 25.4 Å². The number of piperidine rings is 1. The number of carbonyl (C=O) groups excluding carboxylic acids is 1. The van der Waals surface area contributed by atoms with E-state index in [1.807, 2.05) is 20.8 Å². The Morgan fingerprint density at radius 2 is 2.04 bits per heavy atom. The van der Waals surface area contributed by atoms with E-state index in [0.717, 1.165) is 37.6 Å². The zero-order valence-corrected chi connectivity index (χ0v) is 15.9. The van der Waals surface area contributed by atoms with Crippen molar-refractivity contribution in [2.75, 3.05) is 19.6 Å². The van der Waals surface area contributed by atoms with Gasteiger partial charge in [-0.2, -0.15) is 5.10 Å². The maximum Gasteiger partial charge on any atom is 0.410 e. The minimum Gasteiger partial charge on any atom is -0.444 e. The zero-order chi connectivity index (χ0) is 18.1. The molecule has 0 spiro atoms. The predicted octanol–water partition coefficient (Wildman–Crippen LogP) is 2.81. The molecule has 7 nitrogen and oxygen atoms in total. The third-order valence-electron chi connectivity index (χ3n) is 5.01. The fraction of sp³-hybridized carbons (Fsp3) is 0.833. The van der Waals surface area contributed by atoms with Crippen LogP contribution in [-0.4, -0.2) is 51.4 Å². The van der Waals surface area contributed by atoms with E-state index in [2.05, 4.69) is 27.4 Å². The smallest absolute Gasteiger partial charge is 0.410 e. The maximum absolute atomic E-state index is 12.1. The lowest BCUT2D eigenvalue weighted by molar-refractivity contribution is 0.0203. The molecule has 2 N–H and O–H groups in total. The highest BCUT2D eigenvalue weighted by molar-refractivity contribution is 5.68. The molecular formula is C18H31N5O2. The van der Waals surface area contributed by atoms with Crippen molar-refractivity contribution in [1.29, 1.82) is 0 Å². The molecule has 140 valence electrons. The van der Waals surface area contributed by atoms with Gasteiger partial charge in [-0.1, -0.05) is 6.92 Å². The predicted molar refractivity (Wildman–Crippen MR) is 95.2 cm³/mol. The minimum absolute atomic E-state index is 0.223. The first-order valence-corrected chi connectivity index (χ1v) is 9.34. The largest absolute Gasteiger partial charge is 0.444 e. The van der Waals surface area contributed by atoms with Gasteiger partial charge in [0.25, 0.3) is 0 Å². The molecule has 1 saturated carbocycles. The number of rotatable bonds is 5. The molecule has 0 bridgehead atoms. The van der Waals surface area contributed by atoms with Gasteiger partial charge >= 0.3 is 6.09 Å². The number of H-pyrrole nitrogens is 1. The van der Waals surface area contributed by atoms with Crippen LogP contribution in [-0.2, 0) is 11.3 Å². The third-order valence-corrected chi connectivity index (χ3v) is 5.01. The molecule has 0 aromatic carbocycles. The summed E-state index contributed by atoms with van der Waals surface area (Å²) in [7, 11) is 0. The lowest BCUT2D eigenvalue weighted by Crippen LogP contribution is -2.41. The molecule has 1 amide bonds. The molecule has 1 aliphatic carbocycles. The number of ether oxygens (including phenoxy) is 1. The van der Waals surface area contributed by atoms with E-state index in [4.69, 9.17) is 4.74 Å². The van der Waals surface area contributed by atoms with Crippen molar-refractivity contribution in [3.63, 3.8) is 0 Å². The standard InChI is InChI=1S/C18H31N5O2/c1-17(2,3)25-16(24)23-9-5-13(6-10-23)15-20-14(21-22-15)11-19-12-18(4)7-8-18/h13,19H,5-12H2,1-4H3,(H,20,21,22). The highest BCUT2D eigenvalue weighted by atomic mass is 16.6. The van der Waals surface area contributed by atoms with Crippen LogP contribution in [0.2, 0.25) is 0 Å². The van der Waals surface area contributed by atoms with Gasteiger partial charge in [0.05, 0.1) is 6.54 Å². The van der Waals surface area contributed by atoms with E-state index in [-0.39, 0.29) is 6.09 Å². The van der Waals surface area contributed by atoms with E-state index >= 15 is 0 Å². The summed E-state index contributed by atoms with van der Waals surface area (Å²) < 4.78 is 5.44. The molecule has 1 aromatic rings. The molecule has 2 heterocycles. The summed E-state index contributed by atoms with van der Waals surface area (Å²) in [5.41, 5.74) is 0.0501. The van der Waals surface area contributed by atoms with Gasteiger partial charge in [-0.15, -0.1) is 0 Å². The molecule has 2 aliphatic rings. The van der Waals surface area contributed by atoms with Gasteiger partial charge in [-0.05, 0) is 51.9 Å². The van der Waals surface area contributed by atoms with Crippen LogP contribution in [0.15, 0.2) is 0 Å². The van der Waals surface area contributed by atoms with Crippen molar-refractivity contribution in [3.8, 4) is 0 Å². The molecule has 1 aromatic heterocycles. The van der Waals surface area contributed by atoms with E-state index in [9.17, 15) is 4.79 Å². The second-order valence-corrected chi connectivity index (χ2v) is 8.80. The first kappa shape index (κ1) is 18.2. The minimum atomic E-state index is -0.447. The topological polar surface area (TPSA) is 83.1 Å². The Balaban J connectivity index is 1.44. The highest BCUT2D eigenvalue weighted by Crippen LogP contribution is 2.44. The van der Waals surface area contributed by atoms with Gasteiger partial charge < -0.3 is 15.0 Å². The number of amides is 1. The van der Waals surface area contributed by atoms with E-state index < -0.39 is 5.60 Å². The number of nitrogens with zero attached hydrogens (tertiary/aromatic N) is 3. The normalized spacial score (nSPS) is 20.6. The van der Waals surface area contributed by atoms with E-state index in [1.165, 1.54) is 12.8 Å². The number of aromatic amines is 1. The van der Waals surface area contributed by atoms with Crippen LogP contribution in [0.1, 0.15) is 70.9 Å². The average molecular weight is 349 g/mol. The summed E-state index contributed by atoms with van der Waals surface area (Å²) in [5.74, 6) is 2.08. The zero-order valence-electron chi connectivity index (χ0n) is 15.9. The van der Waals surface area contributed by atoms with Gasteiger partial charge in [0, 0.05) is 25.6 Å². The number of hydrogen-bond acceptors (Lipinski definition) is 5. The van der Waals surface area contributed by atoms with Crippen LogP contribution in [0.5, 0.6) is 0 Å². The Morgan fingerprint density at radius 3 is 2.64 bits per heavy atom. The summed E-state index contributed by atoms with van der Waals surface area (Å²) in [6.07, 6.45) is 4.17. The van der Waals surface area contributed by atoms with E-state index in [0.29, 0.717) is 24.4 Å². The Bertz CT molecular complexity index is 595. The average Bonchev–Trinajstić information content (AvgIpc) is 3.08. The summed E-state index contributed by atoms with van der Waals surface area (Å²) in [5, 5.41) is 10.9. The van der Waals surface area contributed by atoms with Crippen molar-refractivity contribution < 1.29 is 9.53 Å². The summed E-state index contributed by atoms with van der Waals surface area (Å²) in [6.45, 7) is 11.2. The third kappa shape index (κ3) is 5.17. The number of aromatic nitrogens is 3. The van der Waals surface area contributed by atoms with Gasteiger partial charge in [0.1, 0.15) is 11.4 Å². The van der Waals surface area contributed by atoms with Crippen molar-refractivity contribution in [2.24, 2.45) is 5.41 Å². The van der Waals surface area contributed by atoms with Gasteiger partial charge in [0.15, 0.2) is 5.82 Å². The summed E-state index contributed by atoms with van der Waals surface area (Å²) in [4.78, 5) is 18.5. The van der Waals surface area contributed by atoms with Crippen molar-refractivity contribution in [3.05, 3.63) is 11.6 Å². The molecule has 7 heteroatoms. The van der Waals surface area contributed by atoms with Gasteiger partial charge in [-0.25, -0.2) is 9.78 Å². The quantitative estimate of drug-likeness (QED) is 0.854. The fourth-order valence-electron chi connectivity index (χ4n) is 3.09. The van der Waals surface area contributed by atoms with Crippen LogP contribution in [0.4, 0.5) is 4.79 Å². The monoisotopic (exact) mass is 349 g/mol. The van der Waals surface area contributed by atoms with E-state index in [1.54, 1.807) is 4.90 Å². The first-order chi connectivity index (χ1) is 11.7. The molecule has 1 aliphatic heterocycles. The number of nitrogens with one attached hydrogen (secondary N) is 2. The second kappa shape index (κ2) is 6.94. The Kier molecular flexibility index (Phi) is 5.04. The number of hydrogen-bond donors (Lipinski definition) is 2. The van der Waals surface area contributed by atoms with Gasteiger partial charge in [0.2, 0.25) is 0 Å². The maximum atomic E-state index is 12.1. The number of carbonyl (C=O) groups is 1. The summed E-state index contributed by atoms with van der Waals surface area (Å²) in [6, 6.07) is 0. The fourth-order valence-corrected chi connectivity index (χ4v) is 3.09. The lowest BCUT2D eigenvalue weighted by atomic mass is 9.96. The molecule has 3 rings (SSSR count). The second-order valence-electron chi connectivity index (χ2n) is 8.80. The molecule has 1 saturated heterocycles. The highest BCUT2D eigenvalue weighted by Gasteiger charge is 2.36. The van der Waals surface area contributed by atoms with Crippen molar-refractivity contribution in [2.45, 2.75) is 71.4 Å². The molecule has 0 atom stereocenters. The van der Waals surface area contributed by atoms with Crippen LogP contribution >= 0.6 is 0 Å². The summed E-state index contributed by atoms with van der Waals surface area (Å²) >= 11 is 0.